The van der Waals surface area contributed by atoms with Gasteiger partial charge in [0.2, 0.25) is 0 Å². The number of rotatable bonds is 5. The summed E-state index contributed by atoms with van der Waals surface area (Å²) in [7, 11) is 1.30. The van der Waals surface area contributed by atoms with Crippen molar-refractivity contribution in [2.24, 2.45) is 0 Å². The van der Waals surface area contributed by atoms with Crippen molar-refractivity contribution in [3.05, 3.63) is 58.1 Å². The van der Waals surface area contributed by atoms with Crippen LogP contribution in [0.1, 0.15) is 47.2 Å². The number of carbonyl (C=O) groups is 1. The molecule has 5 nitrogen and oxygen atoms in total. The van der Waals surface area contributed by atoms with E-state index in [2.05, 4.69) is 0 Å². The van der Waals surface area contributed by atoms with Crippen molar-refractivity contribution in [2.45, 2.75) is 51.6 Å². The van der Waals surface area contributed by atoms with Crippen LogP contribution in [0.4, 0.5) is 42.5 Å². The van der Waals surface area contributed by atoms with Crippen molar-refractivity contribution in [1.82, 2.24) is 0 Å². The van der Waals surface area contributed by atoms with E-state index in [1.807, 2.05) is 0 Å². The van der Waals surface area contributed by atoms with E-state index in [1.54, 1.807) is 37.8 Å². The molecule has 0 saturated carbocycles. The molecule has 2 aromatic rings. The maximum atomic E-state index is 13.5. The lowest BCUT2D eigenvalue weighted by atomic mass is 9.94. The number of amides is 1. The lowest BCUT2D eigenvalue weighted by Crippen LogP contribution is -2.52. The van der Waals surface area contributed by atoms with E-state index >= 15 is 0 Å². The normalized spacial score (nSPS) is 17.4. The first-order valence-corrected chi connectivity index (χ1v) is 10.9. The minimum Gasteiger partial charge on any atom is -0.465 e. The van der Waals surface area contributed by atoms with Crippen molar-refractivity contribution in [3.63, 3.8) is 0 Å². The zero-order valence-corrected chi connectivity index (χ0v) is 19.6. The van der Waals surface area contributed by atoms with Gasteiger partial charge in [-0.2, -0.15) is 26.3 Å². The number of alkyl halides is 6. The van der Waals surface area contributed by atoms with Crippen LogP contribution in [0, 0.1) is 13.8 Å². The molecule has 2 aromatic carbocycles. The Labute approximate surface area is 198 Å². The van der Waals surface area contributed by atoms with Crippen molar-refractivity contribution in [2.75, 3.05) is 30.1 Å². The molecule has 0 aliphatic carbocycles. The fourth-order valence-corrected chi connectivity index (χ4v) is 4.37. The molecule has 1 amide bonds. The molecule has 0 aromatic heterocycles. The maximum Gasteiger partial charge on any atom is 0.416 e. The first-order valence-electron chi connectivity index (χ1n) is 10.9. The Hall–Kier alpha value is -2.95. The molecule has 11 heteroatoms. The third-order valence-electron chi connectivity index (χ3n) is 6.31. The zero-order chi connectivity index (χ0) is 26.3. The Morgan fingerprint density at radius 3 is 1.94 bits per heavy atom. The predicted molar refractivity (Wildman–Crippen MR) is 119 cm³/mol. The Balaban J connectivity index is 2.27. The number of ether oxygens (including phenoxy) is 1. The quantitative estimate of drug-likeness (QED) is 0.455. The molecule has 0 bridgehead atoms. The second kappa shape index (κ2) is 9.60. The van der Waals surface area contributed by atoms with Gasteiger partial charge in [0.05, 0.1) is 41.2 Å². The summed E-state index contributed by atoms with van der Waals surface area (Å²) in [6.07, 6.45) is -10.8. The van der Waals surface area contributed by atoms with Crippen molar-refractivity contribution in [1.29, 1.82) is 0 Å². The Morgan fingerprint density at radius 2 is 1.51 bits per heavy atom. The van der Waals surface area contributed by atoms with Crippen molar-refractivity contribution >= 4 is 17.5 Å². The molecule has 1 aliphatic rings. The number of anilines is 2. The molecule has 2 unspecified atom stereocenters. The van der Waals surface area contributed by atoms with Gasteiger partial charge in [0, 0.05) is 13.7 Å². The number of hydrogen-bond acceptors (Lipinski definition) is 3. The monoisotopic (exact) mass is 504 g/mol. The average Bonchev–Trinajstić information content (AvgIpc) is 2.75. The fraction of sp³-hybridized carbons (Fsp3) is 0.458. The van der Waals surface area contributed by atoms with Crippen LogP contribution >= 0.6 is 0 Å². The number of methoxy groups -OCH3 is 1. The van der Waals surface area contributed by atoms with E-state index in [1.165, 1.54) is 12.0 Å². The highest BCUT2D eigenvalue weighted by molar-refractivity contribution is 5.94. The fourth-order valence-electron chi connectivity index (χ4n) is 4.37. The van der Waals surface area contributed by atoms with E-state index in [4.69, 9.17) is 4.74 Å². The average molecular weight is 504 g/mol. The SMILES string of the molecule is CCC1CN(C(COC)c2cc(C(F)(F)F)cc(C(F)(F)F)c2)c2cc(C)c(C)cc2N1C(=O)O. The molecule has 0 fully saturated rings. The van der Waals surface area contributed by atoms with Gasteiger partial charge < -0.3 is 14.7 Å². The van der Waals surface area contributed by atoms with E-state index in [9.17, 15) is 36.2 Å². The number of halogens is 6. The van der Waals surface area contributed by atoms with E-state index in [0.29, 0.717) is 29.9 Å². The summed E-state index contributed by atoms with van der Waals surface area (Å²) in [6, 6.07) is 3.25. The Morgan fingerprint density at radius 1 is 1.00 bits per heavy atom. The van der Waals surface area contributed by atoms with Crippen LogP contribution in [0.25, 0.3) is 0 Å². The second-order valence-electron chi connectivity index (χ2n) is 8.60. The van der Waals surface area contributed by atoms with Gasteiger partial charge in [-0.25, -0.2) is 4.79 Å². The smallest absolute Gasteiger partial charge is 0.416 e. The summed E-state index contributed by atoms with van der Waals surface area (Å²) in [5, 5.41) is 9.88. The minimum atomic E-state index is -4.99. The van der Waals surface area contributed by atoms with Gasteiger partial charge in [-0.05, 0) is 67.3 Å². The molecule has 0 saturated heterocycles. The number of benzene rings is 2. The van der Waals surface area contributed by atoms with Gasteiger partial charge in [0.15, 0.2) is 0 Å². The summed E-state index contributed by atoms with van der Waals surface area (Å²) in [6.45, 7) is 5.20. The molecule has 0 radical (unpaired) electrons. The molecule has 2 atom stereocenters. The lowest BCUT2D eigenvalue weighted by molar-refractivity contribution is -0.143. The standard InChI is InChI=1S/C24H26F6N2O3/c1-5-18-11-31(19-6-13(2)14(3)7-20(19)32(18)22(33)34)21(12-35-4)15-8-16(23(25,26)27)10-17(9-15)24(28,29)30/h6-10,18,21H,5,11-12H2,1-4H3,(H,33,34). The lowest BCUT2D eigenvalue weighted by Gasteiger charge is -2.45. The summed E-state index contributed by atoms with van der Waals surface area (Å²) in [5.74, 6) is 0. The molecular formula is C24H26F6N2O3. The largest absolute Gasteiger partial charge is 0.465 e. The molecule has 1 N–H and O–H groups in total. The maximum absolute atomic E-state index is 13.5. The van der Waals surface area contributed by atoms with Crippen LogP contribution in [0.2, 0.25) is 0 Å². The highest BCUT2D eigenvalue weighted by atomic mass is 19.4. The first-order chi connectivity index (χ1) is 16.2. The zero-order valence-electron chi connectivity index (χ0n) is 19.6. The summed E-state index contributed by atoms with van der Waals surface area (Å²) >= 11 is 0. The molecule has 0 spiro atoms. The molecule has 35 heavy (non-hydrogen) atoms. The topological polar surface area (TPSA) is 53.0 Å². The summed E-state index contributed by atoms with van der Waals surface area (Å²) in [4.78, 5) is 14.9. The molecular weight excluding hydrogens is 478 g/mol. The minimum absolute atomic E-state index is 0.0594. The van der Waals surface area contributed by atoms with E-state index in [-0.39, 0.29) is 24.8 Å². The highest BCUT2D eigenvalue weighted by Crippen LogP contribution is 2.44. The van der Waals surface area contributed by atoms with Crippen LogP contribution < -0.4 is 9.80 Å². The number of fused-ring (bicyclic) bond motifs is 1. The van der Waals surface area contributed by atoms with Crippen molar-refractivity contribution < 1.29 is 41.0 Å². The first kappa shape index (κ1) is 26.7. The third kappa shape index (κ3) is 5.34. The van der Waals surface area contributed by atoms with Gasteiger partial charge in [-0.1, -0.05) is 6.92 Å². The van der Waals surface area contributed by atoms with Gasteiger partial charge in [0.25, 0.3) is 0 Å². The molecule has 1 heterocycles. The second-order valence-corrected chi connectivity index (χ2v) is 8.60. The Bertz CT molecular complexity index is 1070. The van der Waals surface area contributed by atoms with Crippen LogP contribution in [-0.4, -0.2) is 37.5 Å². The van der Waals surface area contributed by atoms with Crippen LogP contribution in [-0.2, 0) is 17.1 Å². The third-order valence-corrected chi connectivity index (χ3v) is 6.31. The molecule has 192 valence electrons. The van der Waals surface area contributed by atoms with E-state index < -0.39 is 41.7 Å². The number of carboxylic acid groups (broad SMARTS) is 1. The van der Waals surface area contributed by atoms with Gasteiger partial charge in [-0.3, -0.25) is 4.90 Å². The van der Waals surface area contributed by atoms with Gasteiger partial charge in [-0.15, -0.1) is 0 Å². The van der Waals surface area contributed by atoms with Gasteiger partial charge in [0.1, 0.15) is 0 Å². The van der Waals surface area contributed by atoms with E-state index in [0.717, 1.165) is 11.1 Å². The highest BCUT2D eigenvalue weighted by Gasteiger charge is 2.41. The molecule has 1 aliphatic heterocycles. The predicted octanol–water partition coefficient (Wildman–Crippen LogP) is 6.81. The number of aryl methyl sites for hydroxylation is 2. The molecule has 3 rings (SSSR count). The van der Waals surface area contributed by atoms with Crippen LogP contribution in [0.5, 0.6) is 0 Å². The summed E-state index contributed by atoms with van der Waals surface area (Å²) in [5.41, 5.74) is -0.744. The van der Waals surface area contributed by atoms with Crippen molar-refractivity contribution in [3.8, 4) is 0 Å². The summed E-state index contributed by atoms with van der Waals surface area (Å²) < 4.78 is 86.5. The Kier molecular flexibility index (Phi) is 7.31. The number of nitrogens with zero attached hydrogens (tertiary/aromatic N) is 2. The number of hydrogen-bond donors (Lipinski definition) is 1. The van der Waals surface area contributed by atoms with Gasteiger partial charge >= 0.3 is 18.4 Å². The van der Waals surface area contributed by atoms with Crippen LogP contribution in [0.3, 0.4) is 0 Å². The van der Waals surface area contributed by atoms with Crippen LogP contribution in [0.15, 0.2) is 30.3 Å².